The van der Waals surface area contributed by atoms with E-state index < -0.39 is 0 Å². The summed E-state index contributed by atoms with van der Waals surface area (Å²) in [6, 6.07) is 71.2. The molecule has 0 fully saturated rings. The Morgan fingerprint density at radius 1 is 0.367 bits per heavy atom. The summed E-state index contributed by atoms with van der Waals surface area (Å²) in [5, 5.41) is 7.33. The van der Waals surface area contributed by atoms with Crippen LogP contribution in [0, 0.1) is 0 Å². The minimum absolute atomic E-state index is 0.177. The van der Waals surface area contributed by atoms with Gasteiger partial charge >= 0.3 is 0 Å². The van der Waals surface area contributed by atoms with E-state index in [1.165, 1.54) is 98.9 Å². The Labute approximate surface area is 347 Å². The molecule has 0 unspecified atom stereocenters. The predicted molar refractivity (Wildman–Crippen MR) is 251 cm³/mol. The van der Waals surface area contributed by atoms with Crippen LogP contribution in [0.4, 0.5) is 0 Å². The Morgan fingerprint density at radius 2 is 0.883 bits per heavy atom. The molecule has 282 valence electrons. The topological polar surface area (TPSA) is 23.0 Å². The summed E-state index contributed by atoms with van der Waals surface area (Å²) in [5.41, 5.74) is 18.8. The van der Waals surface area contributed by atoms with Gasteiger partial charge in [-0.25, -0.2) is 0 Å². The minimum Gasteiger partial charge on any atom is -0.455 e. The second-order valence-electron chi connectivity index (χ2n) is 16.9. The zero-order valence-electron chi connectivity index (χ0n) is 33.3. The molecule has 3 heteroatoms. The third-order valence-corrected chi connectivity index (χ3v) is 13.3. The van der Waals surface area contributed by atoms with Crippen molar-refractivity contribution in [2.75, 3.05) is 0 Å². The highest BCUT2D eigenvalue weighted by molar-refractivity contribution is 6.14. The summed E-state index contributed by atoms with van der Waals surface area (Å²) in [4.78, 5) is 0. The van der Waals surface area contributed by atoms with Gasteiger partial charge in [-0.1, -0.05) is 135 Å². The smallest absolute Gasteiger partial charge is 0.143 e. The van der Waals surface area contributed by atoms with E-state index in [1.54, 1.807) is 0 Å². The van der Waals surface area contributed by atoms with Crippen LogP contribution in [-0.4, -0.2) is 9.13 Å². The number of rotatable bonds is 4. The zero-order valence-corrected chi connectivity index (χ0v) is 33.3. The van der Waals surface area contributed by atoms with Gasteiger partial charge in [0.25, 0.3) is 0 Å². The molecule has 0 spiro atoms. The maximum Gasteiger partial charge on any atom is 0.143 e. The van der Waals surface area contributed by atoms with E-state index in [0.29, 0.717) is 0 Å². The molecule has 0 saturated heterocycles. The van der Waals surface area contributed by atoms with Crippen molar-refractivity contribution in [3.05, 3.63) is 205 Å². The molecule has 0 aliphatic heterocycles. The molecule has 12 aromatic rings. The van der Waals surface area contributed by atoms with Gasteiger partial charge in [-0.05, 0) is 112 Å². The van der Waals surface area contributed by atoms with Gasteiger partial charge < -0.3 is 13.6 Å². The number of nitrogens with zero attached hydrogens (tertiary/aromatic N) is 2. The highest BCUT2D eigenvalue weighted by atomic mass is 16.3. The number of fused-ring (bicyclic) bond motifs is 13. The Morgan fingerprint density at radius 3 is 1.60 bits per heavy atom. The maximum absolute atomic E-state index is 6.59. The predicted octanol–water partition coefficient (Wildman–Crippen LogP) is 15.4. The molecule has 0 N–H and O–H groups in total. The van der Waals surface area contributed by atoms with Crippen LogP contribution in [0.25, 0.3) is 110 Å². The molecule has 0 amide bonds. The van der Waals surface area contributed by atoms with Gasteiger partial charge in [-0.2, -0.15) is 0 Å². The number of hydrogen-bond acceptors (Lipinski definition) is 1. The van der Waals surface area contributed by atoms with Crippen LogP contribution < -0.4 is 0 Å². The fourth-order valence-corrected chi connectivity index (χ4v) is 10.4. The fraction of sp³-hybridized carbons (Fsp3) is 0.0526. The summed E-state index contributed by atoms with van der Waals surface area (Å²) in [7, 11) is 0. The van der Waals surface area contributed by atoms with E-state index in [-0.39, 0.29) is 5.41 Å². The first-order chi connectivity index (χ1) is 29.5. The standard InChI is InChI=1S/C57H38N2O/c1-57(2)48-28-27-44-43-18-10-12-20-54(43)60-56(44)55(48)45-26-22-37(33-49(45)57)35-23-29-51-46(31-35)47-32-36(24-30-52(47)58(51)39-13-5-3-6-14-39)38-21-25-42-41-17-9-11-19-50(41)59(53(42)34-38)40-15-7-4-8-16-40/h3-34H,1-2H3. The quantitative estimate of drug-likeness (QED) is 0.175. The lowest BCUT2D eigenvalue weighted by Gasteiger charge is -2.22. The summed E-state index contributed by atoms with van der Waals surface area (Å²) >= 11 is 0. The SMILES string of the molecule is CC1(C)c2cc(-c3ccc4c(c3)c3cc(-c5ccc6c7ccccc7n(-c7ccccc7)c6c5)ccc3n4-c3ccccc3)ccc2-c2c1ccc1c2oc2ccccc21. The first-order valence-corrected chi connectivity index (χ1v) is 20.8. The Kier molecular flexibility index (Phi) is 6.78. The lowest BCUT2D eigenvalue weighted by atomic mass is 9.81. The molecule has 3 nitrogen and oxygen atoms in total. The fourth-order valence-electron chi connectivity index (χ4n) is 10.4. The summed E-state index contributed by atoms with van der Waals surface area (Å²) in [6.45, 7) is 4.70. The van der Waals surface area contributed by atoms with Crippen molar-refractivity contribution in [3.8, 4) is 44.8 Å². The molecule has 0 bridgehead atoms. The van der Waals surface area contributed by atoms with E-state index in [4.69, 9.17) is 4.42 Å². The van der Waals surface area contributed by atoms with Crippen molar-refractivity contribution >= 4 is 65.6 Å². The Bertz CT molecular complexity index is 3730. The van der Waals surface area contributed by atoms with Gasteiger partial charge in [0.15, 0.2) is 0 Å². The second-order valence-corrected chi connectivity index (χ2v) is 16.9. The van der Waals surface area contributed by atoms with Crippen LogP contribution >= 0.6 is 0 Å². The zero-order chi connectivity index (χ0) is 39.7. The normalized spacial score (nSPS) is 13.3. The first-order valence-electron chi connectivity index (χ1n) is 20.8. The molecular formula is C57H38N2O. The van der Waals surface area contributed by atoms with Gasteiger partial charge in [-0.3, -0.25) is 0 Å². The van der Waals surface area contributed by atoms with Crippen molar-refractivity contribution in [2.24, 2.45) is 0 Å². The number of aromatic nitrogens is 2. The van der Waals surface area contributed by atoms with Crippen molar-refractivity contribution in [1.82, 2.24) is 9.13 Å². The first kappa shape index (κ1) is 33.4. The molecule has 3 heterocycles. The molecule has 1 aliphatic carbocycles. The molecule has 0 radical (unpaired) electrons. The molecule has 13 rings (SSSR count). The molecule has 0 atom stereocenters. The molecule has 9 aromatic carbocycles. The van der Waals surface area contributed by atoms with Crippen molar-refractivity contribution in [3.63, 3.8) is 0 Å². The maximum atomic E-state index is 6.59. The summed E-state index contributed by atoms with van der Waals surface area (Å²) < 4.78 is 11.4. The largest absolute Gasteiger partial charge is 0.455 e. The van der Waals surface area contributed by atoms with Crippen LogP contribution in [0.15, 0.2) is 199 Å². The van der Waals surface area contributed by atoms with E-state index in [9.17, 15) is 0 Å². The number of para-hydroxylation sites is 4. The van der Waals surface area contributed by atoms with Gasteiger partial charge in [0.2, 0.25) is 0 Å². The monoisotopic (exact) mass is 766 g/mol. The van der Waals surface area contributed by atoms with Crippen molar-refractivity contribution in [2.45, 2.75) is 19.3 Å². The molecule has 3 aromatic heterocycles. The highest BCUT2D eigenvalue weighted by Crippen LogP contribution is 2.53. The van der Waals surface area contributed by atoms with Crippen LogP contribution in [0.2, 0.25) is 0 Å². The Balaban J connectivity index is 0.991. The minimum atomic E-state index is -0.177. The van der Waals surface area contributed by atoms with Gasteiger partial charge in [-0.15, -0.1) is 0 Å². The van der Waals surface area contributed by atoms with E-state index in [2.05, 4.69) is 217 Å². The number of benzene rings is 9. The molecule has 60 heavy (non-hydrogen) atoms. The average Bonchev–Trinajstić information content (AvgIpc) is 4.01. The number of furan rings is 1. The third kappa shape index (κ3) is 4.60. The average molecular weight is 767 g/mol. The van der Waals surface area contributed by atoms with Crippen LogP contribution in [0.1, 0.15) is 25.0 Å². The molecular weight excluding hydrogens is 729 g/mol. The van der Waals surface area contributed by atoms with E-state index in [0.717, 1.165) is 22.5 Å². The lowest BCUT2D eigenvalue weighted by molar-refractivity contribution is 0.653. The van der Waals surface area contributed by atoms with E-state index in [1.807, 2.05) is 0 Å². The van der Waals surface area contributed by atoms with Crippen molar-refractivity contribution < 1.29 is 4.42 Å². The van der Waals surface area contributed by atoms with Crippen LogP contribution in [0.5, 0.6) is 0 Å². The van der Waals surface area contributed by atoms with Crippen LogP contribution in [0.3, 0.4) is 0 Å². The lowest BCUT2D eigenvalue weighted by Crippen LogP contribution is -2.14. The Hall–Kier alpha value is -7.62. The molecule has 0 saturated carbocycles. The highest BCUT2D eigenvalue weighted by Gasteiger charge is 2.38. The van der Waals surface area contributed by atoms with Gasteiger partial charge in [0, 0.05) is 54.7 Å². The molecule has 1 aliphatic rings. The van der Waals surface area contributed by atoms with Gasteiger partial charge in [0.05, 0.1) is 22.1 Å². The second kappa shape index (κ2) is 12.2. The van der Waals surface area contributed by atoms with E-state index >= 15 is 0 Å². The summed E-state index contributed by atoms with van der Waals surface area (Å²) in [5.74, 6) is 0. The van der Waals surface area contributed by atoms with Crippen LogP contribution in [-0.2, 0) is 5.41 Å². The van der Waals surface area contributed by atoms with Gasteiger partial charge in [0.1, 0.15) is 11.2 Å². The number of hydrogen-bond donors (Lipinski definition) is 0. The van der Waals surface area contributed by atoms with Crippen molar-refractivity contribution in [1.29, 1.82) is 0 Å². The summed E-state index contributed by atoms with van der Waals surface area (Å²) in [6.07, 6.45) is 0. The third-order valence-electron chi connectivity index (χ3n) is 13.3.